The molecule has 0 saturated carbocycles. The van der Waals surface area contributed by atoms with Crippen LogP contribution in [0.15, 0.2) is 46.5 Å². The molecule has 0 aliphatic rings. The zero-order valence-electron chi connectivity index (χ0n) is 12.1. The number of pyridine rings is 1. The largest absolute Gasteiger partial charge is 0.310 e. The highest BCUT2D eigenvalue weighted by Crippen LogP contribution is 2.36. The molecule has 0 spiro atoms. The SMILES string of the molecule is CCCNC(C)c1cccnc1Sc1cc(Cl)ccc1Cl. The number of nitrogens with zero attached hydrogens (tertiary/aromatic N) is 1. The lowest BCUT2D eigenvalue weighted by Gasteiger charge is -2.16. The standard InChI is InChI=1S/C16H18Cl2N2S/c1-3-8-19-11(2)13-5-4-9-20-16(13)21-15-10-12(17)6-7-14(15)18/h4-7,9-11,19H,3,8H2,1-2H3. The van der Waals surface area contributed by atoms with Gasteiger partial charge in [-0.25, -0.2) is 4.98 Å². The zero-order chi connectivity index (χ0) is 15.2. The molecule has 1 unspecified atom stereocenters. The summed E-state index contributed by atoms with van der Waals surface area (Å²) in [6.07, 6.45) is 2.91. The summed E-state index contributed by atoms with van der Waals surface area (Å²) < 4.78 is 0. The predicted molar refractivity (Wildman–Crippen MR) is 91.5 cm³/mol. The molecular weight excluding hydrogens is 323 g/mol. The normalized spacial score (nSPS) is 12.4. The van der Waals surface area contributed by atoms with Crippen molar-refractivity contribution in [1.82, 2.24) is 10.3 Å². The Morgan fingerprint density at radius 1 is 1.29 bits per heavy atom. The molecule has 2 aromatic rings. The number of aromatic nitrogens is 1. The highest BCUT2D eigenvalue weighted by Gasteiger charge is 2.13. The fraction of sp³-hybridized carbons (Fsp3) is 0.312. The molecule has 2 nitrogen and oxygen atoms in total. The van der Waals surface area contributed by atoms with Gasteiger partial charge in [-0.05, 0) is 44.2 Å². The van der Waals surface area contributed by atoms with Crippen molar-refractivity contribution in [2.45, 2.75) is 36.2 Å². The van der Waals surface area contributed by atoms with Crippen LogP contribution >= 0.6 is 35.0 Å². The summed E-state index contributed by atoms with van der Waals surface area (Å²) >= 11 is 13.8. The summed E-state index contributed by atoms with van der Waals surface area (Å²) in [4.78, 5) is 5.42. The van der Waals surface area contributed by atoms with Crippen LogP contribution in [0.5, 0.6) is 0 Å². The number of halogens is 2. The molecule has 0 radical (unpaired) electrons. The van der Waals surface area contributed by atoms with Gasteiger partial charge >= 0.3 is 0 Å². The van der Waals surface area contributed by atoms with E-state index in [1.807, 2.05) is 18.2 Å². The van der Waals surface area contributed by atoms with Crippen molar-refractivity contribution in [1.29, 1.82) is 0 Å². The molecule has 112 valence electrons. The Morgan fingerprint density at radius 2 is 2.10 bits per heavy atom. The minimum Gasteiger partial charge on any atom is -0.310 e. The quantitative estimate of drug-likeness (QED) is 0.740. The van der Waals surface area contributed by atoms with E-state index in [0.717, 1.165) is 22.9 Å². The monoisotopic (exact) mass is 340 g/mol. The lowest BCUT2D eigenvalue weighted by atomic mass is 10.1. The van der Waals surface area contributed by atoms with E-state index in [2.05, 4.69) is 30.2 Å². The average Bonchev–Trinajstić information content (AvgIpc) is 2.49. The summed E-state index contributed by atoms with van der Waals surface area (Å²) in [7, 11) is 0. The van der Waals surface area contributed by atoms with Crippen molar-refractivity contribution in [2.75, 3.05) is 6.54 Å². The maximum Gasteiger partial charge on any atom is 0.106 e. The summed E-state index contributed by atoms with van der Waals surface area (Å²) in [5, 5.41) is 5.81. The van der Waals surface area contributed by atoms with Gasteiger partial charge in [0.1, 0.15) is 5.03 Å². The topological polar surface area (TPSA) is 24.9 Å². The lowest BCUT2D eigenvalue weighted by Crippen LogP contribution is -2.20. The molecule has 21 heavy (non-hydrogen) atoms. The second-order valence-electron chi connectivity index (χ2n) is 4.75. The molecule has 0 aliphatic heterocycles. The number of benzene rings is 1. The Bertz CT molecular complexity index is 605. The maximum absolute atomic E-state index is 6.24. The van der Waals surface area contributed by atoms with Crippen molar-refractivity contribution in [3.63, 3.8) is 0 Å². The Hall–Kier alpha value is -0.740. The maximum atomic E-state index is 6.24. The molecule has 2 rings (SSSR count). The molecule has 0 aliphatic carbocycles. The summed E-state index contributed by atoms with van der Waals surface area (Å²) in [6, 6.07) is 9.78. The van der Waals surface area contributed by atoms with Crippen LogP contribution in [0.1, 0.15) is 31.9 Å². The number of nitrogens with one attached hydrogen (secondary N) is 1. The van der Waals surface area contributed by atoms with Crippen LogP contribution in [-0.2, 0) is 0 Å². The van der Waals surface area contributed by atoms with E-state index in [4.69, 9.17) is 23.2 Å². The Kier molecular flexibility index (Phi) is 6.37. The summed E-state index contributed by atoms with van der Waals surface area (Å²) in [6.45, 7) is 5.29. The molecule has 0 saturated heterocycles. The van der Waals surface area contributed by atoms with Gasteiger partial charge in [0.2, 0.25) is 0 Å². The van der Waals surface area contributed by atoms with E-state index in [1.54, 1.807) is 24.0 Å². The molecule has 0 amide bonds. The average molecular weight is 341 g/mol. The first-order chi connectivity index (χ1) is 10.1. The smallest absolute Gasteiger partial charge is 0.106 e. The first-order valence-corrected chi connectivity index (χ1v) is 8.50. The minimum atomic E-state index is 0.249. The van der Waals surface area contributed by atoms with Gasteiger partial charge in [-0.3, -0.25) is 0 Å². The third kappa shape index (κ3) is 4.62. The van der Waals surface area contributed by atoms with Gasteiger partial charge in [0, 0.05) is 27.7 Å². The van der Waals surface area contributed by atoms with Crippen molar-refractivity contribution >= 4 is 35.0 Å². The summed E-state index contributed by atoms with van der Waals surface area (Å²) in [5.74, 6) is 0. The van der Waals surface area contributed by atoms with Crippen LogP contribution in [0.2, 0.25) is 10.0 Å². The lowest BCUT2D eigenvalue weighted by molar-refractivity contribution is 0.560. The van der Waals surface area contributed by atoms with Crippen LogP contribution in [0.25, 0.3) is 0 Å². The minimum absolute atomic E-state index is 0.249. The van der Waals surface area contributed by atoms with Crippen LogP contribution in [0, 0.1) is 0 Å². The number of hydrogen-bond donors (Lipinski definition) is 1. The number of hydrogen-bond acceptors (Lipinski definition) is 3. The molecule has 0 bridgehead atoms. The number of rotatable bonds is 6. The molecule has 1 aromatic heterocycles. The van der Waals surface area contributed by atoms with E-state index in [-0.39, 0.29) is 6.04 Å². The predicted octanol–water partition coefficient (Wildman–Crippen LogP) is 5.60. The fourth-order valence-corrected chi connectivity index (χ4v) is 3.45. The van der Waals surface area contributed by atoms with Gasteiger partial charge in [0.15, 0.2) is 0 Å². The molecule has 1 aromatic carbocycles. The van der Waals surface area contributed by atoms with Gasteiger partial charge in [-0.15, -0.1) is 0 Å². The van der Waals surface area contributed by atoms with E-state index >= 15 is 0 Å². The molecule has 0 fully saturated rings. The van der Waals surface area contributed by atoms with E-state index < -0.39 is 0 Å². The van der Waals surface area contributed by atoms with Crippen LogP contribution in [0.3, 0.4) is 0 Å². The Balaban J connectivity index is 2.25. The Morgan fingerprint density at radius 3 is 2.86 bits per heavy atom. The molecule has 5 heteroatoms. The van der Waals surface area contributed by atoms with Crippen LogP contribution in [0.4, 0.5) is 0 Å². The molecular formula is C16H18Cl2N2S. The molecule has 1 atom stereocenters. The third-order valence-corrected chi connectivity index (χ3v) is 4.84. The van der Waals surface area contributed by atoms with Crippen molar-refractivity contribution in [3.05, 3.63) is 52.1 Å². The highest BCUT2D eigenvalue weighted by molar-refractivity contribution is 7.99. The van der Waals surface area contributed by atoms with Gasteiger partial charge in [0.05, 0.1) is 5.02 Å². The van der Waals surface area contributed by atoms with Gasteiger partial charge in [-0.1, -0.05) is 48.0 Å². The van der Waals surface area contributed by atoms with E-state index in [9.17, 15) is 0 Å². The van der Waals surface area contributed by atoms with Crippen molar-refractivity contribution in [3.8, 4) is 0 Å². The second kappa shape index (κ2) is 8.04. The zero-order valence-corrected chi connectivity index (χ0v) is 14.4. The van der Waals surface area contributed by atoms with Gasteiger partial charge < -0.3 is 5.32 Å². The first kappa shape index (κ1) is 16.6. The van der Waals surface area contributed by atoms with Gasteiger partial charge in [0.25, 0.3) is 0 Å². The second-order valence-corrected chi connectivity index (χ2v) is 6.62. The molecule has 1 heterocycles. The van der Waals surface area contributed by atoms with Crippen molar-refractivity contribution < 1.29 is 0 Å². The first-order valence-electron chi connectivity index (χ1n) is 6.93. The third-order valence-electron chi connectivity index (χ3n) is 3.07. The Labute approximate surface area is 140 Å². The molecule has 1 N–H and O–H groups in total. The van der Waals surface area contributed by atoms with E-state index in [1.165, 1.54) is 5.56 Å². The van der Waals surface area contributed by atoms with Crippen molar-refractivity contribution in [2.24, 2.45) is 0 Å². The fourth-order valence-electron chi connectivity index (χ4n) is 1.95. The van der Waals surface area contributed by atoms with Crippen LogP contribution < -0.4 is 5.32 Å². The summed E-state index contributed by atoms with van der Waals surface area (Å²) in [5.41, 5.74) is 1.17. The van der Waals surface area contributed by atoms with E-state index in [0.29, 0.717) is 10.0 Å². The van der Waals surface area contributed by atoms with Gasteiger partial charge in [-0.2, -0.15) is 0 Å². The van der Waals surface area contributed by atoms with Crippen LogP contribution in [-0.4, -0.2) is 11.5 Å². The highest BCUT2D eigenvalue weighted by atomic mass is 35.5.